The van der Waals surface area contributed by atoms with Crippen molar-refractivity contribution in [2.24, 2.45) is 0 Å². The molecule has 8 nitrogen and oxygen atoms in total. The van der Waals surface area contributed by atoms with Crippen molar-refractivity contribution in [2.45, 2.75) is 18.7 Å². The fourth-order valence-corrected chi connectivity index (χ4v) is 3.87. The number of carbonyl (C=O) groups is 1. The third-order valence-electron chi connectivity index (χ3n) is 3.85. The molecule has 0 heterocycles. The third-order valence-corrected chi connectivity index (χ3v) is 5.63. The maximum Gasteiger partial charge on any atom is 0.326 e. The number of nitrogens with zero attached hydrogens (tertiary/aromatic N) is 2. The van der Waals surface area contributed by atoms with Crippen molar-refractivity contribution in [1.29, 1.82) is 0 Å². The summed E-state index contributed by atoms with van der Waals surface area (Å²) in [6.45, 7) is 2.64. The fraction of sp³-hybridized carbons (Fsp3) is 0.235. The number of carbonyl (C=O) groups excluding carboxylic acids is 1. The average Bonchev–Trinajstić information content (AvgIpc) is 2.60. The standard InChI is InChI=1S/C17H18N2O6S/c1-12-7-9-14(10-8-12)26(23,24)18(11-17(20)25-3)15-5-4-6-16(13(15)2)19(21)22/h4-10H,11H2,1-3H3. The maximum absolute atomic E-state index is 13.1. The molecule has 0 atom stereocenters. The Kier molecular flexibility index (Phi) is 5.61. The average molecular weight is 378 g/mol. The summed E-state index contributed by atoms with van der Waals surface area (Å²) in [5.41, 5.74) is 0.814. The van der Waals surface area contributed by atoms with Gasteiger partial charge in [-0.25, -0.2) is 8.42 Å². The first-order valence-electron chi connectivity index (χ1n) is 7.58. The van der Waals surface area contributed by atoms with Crippen LogP contribution in [-0.2, 0) is 19.6 Å². The lowest BCUT2D eigenvalue weighted by molar-refractivity contribution is -0.385. The molecule has 2 aromatic carbocycles. The van der Waals surface area contributed by atoms with Crippen molar-refractivity contribution in [2.75, 3.05) is 18.0 Å². The van der Waals surface area contributed by atoms with Crippen LogP contribution in [0.3, 0.4) is 0 Å². The van der Waals surface area contributed by atoms with Gasteiger partial charge in [0.25, 0.3) is 15.7 Å². The van der Waals surface area contributed by atoms with Crippen LogP contribution in [0.1, 0.15) is 11.1 Å². The molecule has 0 amide bonds. The molecule has 0 fully saturated rings. The molecule has 0 saturated heterocycles. The van der Waals surface area contributed by atoms with Crippen LogP contribution in [0.15, 0.2) is 47.4 Å². The molecule has 0 saturated carbocycles. The van der Waals surface area contributed by atoms with E-state index in [1.54, 1.807) is 12.1 Å². The monoisotopic (exact) mass is 378 g/mol. The van der Waals surface area contributed by atoms with E-state index in [1.807, 2.05) is 6.92 Å². The number of rotatable bonds is 6. The second-order valence-corrected chi connectivity index (χ2v) is 7.44. The zero-order valence-electron chi connectivity index (χ0n) is 14.5. The summed E-state index contributed by atoms with van der Waals surface area (Å²) >= 11 is 0. The van der Waals surface area contributed by atoms with Gasteiger partial charge in [0.2, 0.25) is 0 Å². The lowest BCUT2D eigenvalue weighted by Crippen LogP contribution is -2.36. The molecule has 26 heavy (non-hydrogen) atoms. The number of nitro benzene ring substituents is 1. The second-order valence-electron chi connectivity index (χ2n) is 5.58. The SMILES string of the molecule is COC(=O)CN(c1cccc([N+](=O)[O-])c1C)S(=O)(=O)c1ccc(C)cc1. The Bertz CT molecular complexity index is 938. The second kappa shape index (κ2) is 7.52. The van der Waals surface area contributed by atoms with Gasteiger partial charge in [0.15, 0.2) is 0 Å². The van der Waals surface area contributed by atoms with Crippen molar-refractivity contribution in [3.05, 3.63) is 63.7 Å². The summed E-state index contributed by atoms with van der Waals surface area (Å²) in [5, 5.41) is 11.2. The molecule has 0 aliphatic carbocycles. The van der Waals surface area contributed by atoms with Crippen LogP contribution in [0.4, 0.5) is 11.4 Å². The molecule has 2 rings (SSSR count). The highest BCUT2D eigenvalue weighted by Gasteiger charge is 2.30. The molecular weight excluding hydrogens is 360 g/mol. The van der Waals surface area contributed by atoms with E-state index in [-0.39, 0.29) is 21.8 Å². The molecule has 0 aromatic heterocycles. The Morgan fingerprint density at radius 3 is 2.31 bits per heavy atom. The van der Waals surface area contributed by atoms with Crippen LogP contribution in [0.2, 0.25) is 0 Å². The smallest absolute Gasteiger partial charge is 0.326 e. The van der Waals surface area contributed by atoms with Crippen LogP contribution in [0, 0.1) is 24.0 Å². The predicted molar refractivity (Wildman–Crippen MR) is 95.6 cm³/mol. The Labute approximate surface area is 151 Å². The van der Waals surface area contributed by atoms with Gasteiger partial charge in [-0.05, 0) is 32.0 Å². The topological polar surface area (TPSA) is 107 Å². The largest absolute Gasteiger partial charge is 0.468 e. The van der Waals surface area contributed by atoms with Gasteiger partial charge in [-0.1, -0.05) is 23.8 Å². The number of benzene rings is 2. The number of hydrogen-bond acceptors (Lipinski definition) is 6. The van der Waals surface area contributed by atoms with Crippen molar-refractivity contribution >= 4 is 27.4 Å². The van der Waals surface area contributed by atoms with E-state index in [0.717, 1.165) is 17.0 Å². The minimum atomic E-state index is -4.13. The molecule has 9 heteroatoms. The van der Waals surface area contributed by atoms with Crippen molar-refractivity contribution in [3.63, 3.8) is 0 Å². The molecule has 138 valence electrons. The number of sulfonamides is 1. The summed E-state index contributed by atoms with van der Waals surface area (Å²) in [6.07, 6.45) is 0. The Morgan fingerprint density at radius 2 is 1.77 bits per heavy atom. The van der Waals surface area contributed by atoms with Gasteiger partial charge in [-0.15, -0.1) is 0 Å². The van der Waals surface area contributed by atoms with Gasteiger partial charge < -0.3 is 4.74 Å². The van der Waals surface area contributed by atoms with E-state index in [2.05, 4.69) is 4.74 Å². The van der Waals surface area contributed by atoms with Gasteiger partial charge in [-0.2, -0.15) is 0 Å². The van der Waals surface area contributed by atoms with Crippen LogP contribution < -0.4 is 4.31 Å². The molecule has 0 spiro atoms. The van der Waals surface area contributed by atoms with Gasteiger partial charge >= 0.3 is 5.97 Å². The van der Waals surface area contributed by atoms with E-state index in [4.69, 9.17) is 0 Å². The number of hydrogen-bond donors (Lipinski definition) is 0. The van der Waals surface area contributed by atoms with E-state index < -0.39 is 27.5 Å². The number of ether oxygens (including phenoxy) is 1. The van der Waals surface area contributed by atoms with E-state index >= 15 is 0 Å². The first kappa shape index (κ1) is 19.4. The van der Waals surface area contributed by atoms with Gasteiger partial charge in [0.1, 0.15) is 6.54 Å². The molecule has 0 N–H and O–H groups in total. The lowest BCUT2D eigenvalue weighted by Gasteiger charge is -2.24. The Hall–Kier alpha value is -2.94. The van der Waals surface area contributed by atoms with Crippen molar-refractivity contribution in [1.82, 2.24) is 0 Å². The van der Waals surface area contributed by atoms with Gasteiger partial charge in [0.05, 0.1) is 28.2 Å². The summed E-state index contributed by atoms with van der Waals surface area (Å²) in [7, 11) is -2.99. The summed E-state index contributed by atoms with van der Waals surface area (Å²) in [5.74, 6) is -0.786. The van der Waals surface area contributed by atoms with E-state index in [0.29, 0.717) is 0 Å². The van der Waals surface area contributed by atoms with Crippen LogP contribution in [-0.4, -0.2) is 33.0 Å². The van der Waals surface area contributed by atoms with Gasteiger partial charge in [0, 0.05) is 6.07 Å². The summed E-state index contributed by atoms with van der Waals surface area (Å²) < 4.78 is 31.6. The molecule has 0 aliphatic heterocycles. The summed E-state index contributed by atoms with van der Waals surface area (Å²) in [6, 6.07) is 10.1. The maximum atomic E-state index is 13.1. The quantitative estimate of drug-likeness (QED) is 0.434. The Balaban J connectivity index is 2.65. The number of esters is 1. The molecule has 0 bridgehead atoms. The number of anilines is 1. The third kappa shape index (κ3) is 3.83. The van der Waals surface area contributed by atoms with Crippen molar-refractivity contribution in [3.8, 4) is 0 Å². The first-order chi connectivity index (χ1) is 12.2. The van der Waals surface area contributed by atoms with Crippen molar-refractivity contribution < 1.29 is 22.9 Å². The predicted octanol–water partition coefficient (Wildman–Crippen LogP) is 2.58. The number of aryl methyl sites for hydroxylation is 1. The number of methoxy groups -OCH3 is 1. The van der Waals surface area contributed by atoms with Gasteiger partial charge in [-0.3, -0.25) is 19.2 Å². The molecule has 2 aromatic rings. The molecule has 0 aliphatic rings. The number of nitro groups is 1. The molecule has 0 unspecified atom stereocenters. The first-order valence-corrected chi connectivity index (χ1v) is 9.02. The zero-order chi connectivity index (χ0) is 19.5. The van der Waals surface area contributed by atoms with Crippen LogP contribution in [0.5, 0.6) is 0 Å². The minimum Gasteiger partial charge on any atom is -0.468 e. The van der Waals surface area contributed by atoms with Crippen LogP contribution in [0.25, 0.3) is 0 Å². The molecule has 0 radical (unpaired) electrons. The van der Waals surface area contributed by atoms with E-state index in [1.165, 1.54) is 37.3 Å². The zero-order valence-corrected chi connectivity index (χ0v) is 15.3. The summed E-state index contributed by atoms with van der Waals surface area (Å²) in [4.78, 5) is 22.3. The highest BCUT2D eigenvalue weighted by molar-refractivity contribution is 7.92. The van der Waals surface area contributed by atoms with E-state index in [9.17, 15) is 23.3 Å². The fourth-order valence-electron chi connectivity index (χ4n) is 2.40. The lowest BCUT2D eigenvalue weighted by atomic mass is 10.1. The highest BCUT2D eigenvalue weighted by Crippen LogP contribution is 2.32. The normalized spacial score (nSPS) is 11.0. The Morgan fingerprint density at radius 1 is 1.15 bits per heavy atom. The highest BCUT2D eigenvalue weighted by atomic mass is 32.2. The molecular formula is C17H18N2O6S. The minimum absolute atomic E-state index is 0.0297. The van der Waals surface area contributed by atoms with Crippen LogP contribution >= 0.6 is 0 Å².